The second-order valence-electron chi connectivity index (χ2n) is 6.59. The minimum Gasteiger partial charge on any atom is -0.355 e. The predicted molar refractivity (Wildman–Crippen MR) is 99.3 cm³/mol. The Kier molecular flexibility index (Phi) is 4.36. The van der Waals surface area contributed by atoms with E-state index in [0.29, 0.717) is 12.0 Å². The van der Waals surface area contributed by atoms with Gasteiger partial charge in [-0.2, -0.15) is 0 Å². The molecular formula is C19H24N6. The van der Waals surface area contributed by atoms with Crippen molar-refractivity contribution < 1.29 is 0 Å². The van der Waals surface area contributed by atoms with E-state index >= 15 is 0 Å². The maximum absolute atomic E-state index is 4.90. The number of rotatable bonds is 5. The average molecular weight is 336 g/mol. The van der Waals surface area contributed by atoms with E-state index in [0.717, 1.165) is 43.0 Å². The monoisotopic (exact) mass is 336 g/mol. The van der Waals surface area contributed by atoms with Crippen LogP contribution in [0.3, 0.4) is 0 Å². The number of aromatic nitrogens is 4. The zero-order valence-corrected chi connectivity index (χ0v) is 14.8. The van der Waals surface area contributed by atoms with Gasteiger partial charge >= 0.3 is 0 Å². The summed E-state index contributed by atoms with van der Waals surface area (Å²) < 4.78 is 2.24. The number of hydrogen-bond acceptors (Lipinski definition) is 5. The summed E-state index contributed by atoms with van der Waals surface area (Å²) in [5.41, 5.74) is 3.42. The van der Waals surface area contributed by atoms with Crippen LogP contribution in [0.4, 0.5) is 5.95 Å². The van der Waals surface area contributed by atoms with Crippen LogP contribution in [0, 0.1) is 0 Å². The lowest BCUT2D eigenvalue weighted by atomic mass is 10.2. The van der Waals surface area contributed by atoms with Gasteiger partial charge in [0.1, 0.15) is 5.82 Å². The van der Waals surface area contributed by atoms with Crippen LogP contribution in [0.2, 0.25) is 0 Å². The fourth-order valence-corrected chi connectivity index (χ4v) is 3.69. The number of hydrogen-bond donors (Lipinski definition) is 1. The summed E-state index contributed by atoms with van der Waals surface area (Å²) in [7, 11) is 2.12. The molecule has 2 aromatic heterocycles. The molecule has 0 radical (unpaired) electrons. The fourth-order valence-electron chi connectivity index (χ4n) is 3.69. The molecule has 1 N–H and O–H groups in total. The Morgan fingerprint density at radius 2 is 2.00 bits per heavy atom. The van der Waals surface area contributed by atoms with Crippen LogP contribution in [0.15, 0.2) is 36.7 Å². The first-order valence-corrected chi connectivity index (χ1v) is 8.96. The second kappa shape index (κ2) is 6.80. The number of imidazole rings is 1. The van der Waals surface area contributed by atoms with Crippen LogP contribution in [0.1, 0.15) is 37.2 Å². The summed E-state index contributed by atoms with van der Waals surface area (Å²) in [5, 5.41) is 3.14. The molecule has 1 saturated heterocycles. The van der Waals surface area contributed by atoms with Gasteiger partial charge in [-0.1, -0.05) is 12.1 Å². The van der Waals surface area contributed by atoms with E-state index in [1.54, 1.807) is 0 Å². The quantitative estimate of drug-likeness (QED) is 0.776. The maximum atomic E-state index is 4.90. The summed E-state index contributed by atoms with van der Waals surface area (Å²) in [6, 6.07) is 8.70. The van der Waals surface area contributed by atoms with Crippen molar-refractivity contribution in [3.05, 3.63) is 48.0 Å². The first kappa shape index (κ1) is 16.0. The molecule has 4 rings (SSSR count). The molecular weight excluding hydrogens is 312 g/mol. The van der Waals surface area contributed by atoms with Crippen molar-refractivity contribution in [1.29, 1.82) is 0 Å². The summed E-state index contributed by atoms with van der Waals surface area (Å²) in [6.07, 6.45) is 6.20. The molecule has 0 amide bonds. The Morgan fingerprint density at radius 1 is 1.20 bits per heavy atom. The number of likely N-dealkylation sites (tertiary alicyclic amines) is 1. The van der Waals surface area contributed by atoms with Gasteiger partial charge in [0.05, 0.1) is 17.1 Å². The molecule has 25 heavy (non-hydrogen) atoms. The van der Waals surface area contributed by atoms with Crippen molar-refractivity contribution in [1.82, 2.24) is 24.4 Å². The Labute approximate surface area is 147 Å². The fraction of sp³-hybridized carbons (Fsp3) is 0.421. The Hall–Kier alpha value is -2.47. The zero-order chi connectivity index (χ0) is 17.2. The number of anilines is 1. The molecule has 1 aliphatic rings. The van der Waals surface area contributed by atoms with Crippen molar-refractivity contribution in [3.63, 3.8) is 0 Å². The molecule has 3 aromatic rings. The van der Waals surface area contributed by atoms with Gasteiger partial charge in [0.25, 0.3) is 0 Å². The second-order valence-corrected chi connectivity index (χ2v) is 6.59. The maximum Gasteiger partial charge on any atom is 0.222 e. The minimum atomic E-state index is 0.353. The lowest BCUT2D eigenvalue weighted by Crippen LogP contribution is -2.25. The molecule has 6 heteroatoms. The molecule has 0 aliphatic carbocycles. The first-order chi connectivity index (χ1) is 12.3. The Bertz CT molecular complexity index is 854. The largest absolute Gasteiger partial charge is 0.355 e. The first-order valence-electron chi connectivity index (χ1n) is 8.96. The zero-order valence-electron chi connectivity index (χ0n) is 14.8. The highest BCUT2D eigenvalue weighted by Crippen LogP contribution is 2.33. The van der Waals surface area contributed by atoms with Crippen molar-refractivity contribution >= 4 is 17.0 Å². The summed E-state index contributed by atoms with van der Waals surface area (Å²) in [4.78, 5) is 16.2. The third kappa shape index (κ3) is 3.09. The standard InChI is InChI=1S/C19H24N6/c1-3-20-19-21-11-14(12-22-19)13-25-10-6-9-17(25)18-23-15-7-4-5-8-16(15)24(18)2/h4-5,7-8,11-12,17H,3,6,9-10,13H2,1-2H3,(H,20,21,22). The third-order valence-corrected chi connectivity index (χ3v) is 4.91. The van der Waals surface area contributed by atoms with E-state index in [9.17, 15) is 0 Å². The van der Waals surface area contributed by atoms with Crippen molar-refractivity contribution in [2.24, 2.45) is 7.05 Å². The van der Waals surface area contributed by atoms with Crippen LogP contribution in [0.25, 0.3) is 11.0 Å². The lowest BCUT2D eigenvalue weighted by molar-refractivity contribution is 0.236. The molecule has 1 aliphatic heterocycles. The van der Waals surface area contributed by atoms with Gasteiger partial charge in [0.15, 0.2) is 0 Å². The average Bonchev–Trinajstić information content (AvgIpc) is 3.22. The lowest BCUT2D eigenvalue weighted by Gasteiger charge is -2.24. The van der Waals surface area contributed by atoms with Crippen LogP contribution >= 0.6 is 0 Å². The van der Waals surface area contributed by atoms with Gasteiger partial charge in [-0.05, 0) is 38.4 Å². The molecule has 6 nitrogen and oxygen atoms in total. The molecule has 1 fully saturated rings. The number of fused-ring (bicyclic) bond motifs is 1. The van der Waals surface area contributed by atoms with E-state index < -0.39 is 0 Å². The van der Waals surface area contributed by atoms with Gasteiger partial charge < -0.3 is 9.88 Å². The molecule has 1 atom stereocenters. The smallest absolute Gasteiger partial charge is 0.222 e. The molecule has 130 valence electrons. The number of nitrogens with zero attached hydrogens (tertiary/aromatic N) is 5. The Balaban J connectivity index is 1.56. The van der Waals surface area contributed by atoms with Gasteiger partial charge in [0.2, 0.25) is 5.95 Å². The third-order valence-electron chi connectivity index (χ3n) is 4.91. The van der Waals surface area contributed by atoms with Crippen LogP contribution < -0.4 is 5.32 Å². The van der Waals surface area contributed by atoms with Crippen molar-refractivity contribution in [2.75, 3.05) is 18.4 Å². The summed E-state index contributed by atoms with van der Waals surface area (Å²) >= 11 is 0. The molecule has 0 saturated carbocycles. The molecule has 3 heterocycles. The molecule has 1 aromatic carbocycles. The number of benzene rings is 1. The van der Waals surface area contributed by atoms with Crippen molar-refractivity contribution in [2.45, 2.75) is 32.4 Å². The molecule has 0 bridgehead atoms. The minimum absolute atomic E-state index is 0.353. The van der Waals surface area contributed by atoms with E-state index in [2.05, 4.69) is 56.1 Å². The van der Waals surface area contributed by atoms with Crippen LogP contribution in [-0.4, -0.2) is 37.5 Å². The highest BCUT2D eigenvalue weighted by Gasteiger charge is 2.29. The normalized spacial score (nSPS) is 18.1. The van der Waals surface area contributed by atoms with Gasteiger partial charge in [-0.25, -0.2) is 15.0 Å². The van der Waals surface area contributed by atoms with Gasteiger partial charge in [-0.3, -0.25) is 4.90 Å². The van der Waals surface area contributed by atoms with E-state index in [1.165, 1.54) is 11.9 Å². The predicted octanol–water partition coefficient (Wildman–Crippen LogP) is 3.13. The highest BCUT2D eigenvalue weighted by molar-refractivity contribution is 5.75. The van der Waals surface area contributed by atoms with Gasteiger partial charge in [-0.15, -0.1) is 0 Å². The topological polar surface area (TPSA) is 58.9 Å². The van der Waals surface area contributed by atoms with Crippen LogP contribution in [0.5, 0.6) is 0 Å². The number of nitrogens with one attached hydrogen (secondary N) is 1. The SMILES string of the molecule is CCNc1ncc(CN2CCCC2c2nc3ccccc3n2C)cn1. The number of para-hydroxylation sites is 2. The molecule has 1 unspecified atom stereocenters. The highest BCUT2D eigenvalue weighted by atomic mass is 15.2. The summed E-state index contributed by atoms with van der Waals surface area (Å²) in [5.74, 6) is 1.85. The number of aryl methyl sites for hydroxylation is 1. The van der Waals surface area contributed by atoms with Gasteiger partial charge in [0, 0.05) is 38.1 Å². The Morgan fingerprint density at radius 3 is 2.76 bits per heavy atom. The van der Waals surface area contributed by atoms with Crippen LogP contribution in [-0.2, 0) is 13.6 Å². The molecule has 0 spiro atoms. The van der Waals surface area contributed by atoms with E-state index in [4.69, 9.17) is 4.98 Å². The van der Waals surface area contributed by atoms with Crippen molar-refractivity contribution in [3.8, 4) is 0 Å². The summed E-state index contributed by atoms with van der Waals surface area (Å²) in [6.45, 7) is 4.83. The van der Waals surface area contributed by atoms with E-state index in [1.807, 2.05) is 19.3 Å². The van der Waals surface area contributed by atoms with E-state index in [-0.39, 0.29) is 0 Å².